The standard InChI is InChI=1S/C56H36N2O/c1-2-17-46-37(12-1)26-27-41-34-40(30-33-47(41)46)39-13-9-14-43(35-39)57(42-31-28-38(29-32-42)48-21-11-25-55-56(48)51-20-5-8-24-54(51)59-55)44-15-10-16-45(36-44)58-52-22-6-3-18-49(52)50-19-4-7-23-53(50)58/h1-36H. The quantitative estimate of drug-likeness (QED) is 0.158. The normalized spacial score (nSPS) is 11.7. The van der Waals surface area contributed by atoms with Crippen LogP contribution in [0.4, 0.5) is 17.1 Å². The van der Waals surface area contributed by atoms with Crippen LogP contribution in [0.15, 0.2) is 223 Å². The van der Waals surface area contributed by atoms with E-state index in [0.29, 0.717) is 0 Å². The second kappa shape index (κ2) is 13.4. The second-order valence-electron chi connectivity index (χ2n) is 15.3. The number of para-hydroxylation sites is 3. The predicted octanol–water partition coefficient (Wildman–Crippen LogP) is 15.8. The van der Waals surface area contributed by atoms with Gasteiger partial charge in [-0.25, -0.2) is 0 Å². The van der Waals surface area contributed by atoms with E-state index in [0.717, 1.165) is 61.4 Å². The molecular formula is C56H36N2O. The fourth-order valence-electron chi connectivity index (χ4n) is 9.24. The fraction of sp³-hybridized carbons (Fsp3) is 0. The van der Waals surface area contributed by atoms with Crippen LogP contribution in [0.1, 0.15) is 0 Å². The number of nitrogens with zero attached hydrogens (tertiary/aromatic N) is 2. The van der Waals surface area contributed by atoms with E-state index in [1.807, 2.05) is 12.1 Å². The summed E-state index contributed by atoms with van der Waals surface area (Å²) in [5, 5.41) is 9.81. The van der Waals surface area contributed by atoms with E-state index in [1.165, 1.54) is 48.9 Å². The number of benzene rings is 10. The Bertz CT molecular complexity index is 3520. The first-order valence-corrected chi connectivity index (χ1v) is 20.2. The Morgan fingerprint density at radius 1 is 0.339 bits per heavy atom. The number of fused-ring (bicyclic) bond motifs is 9. The lowest BCUT2D eigenvalue weighted by Crippen LogP contribution is -2.10. The SMILES string of the molecule is c1cc(-c2ccc3c(ccc4ccccc43)c2)cc(N(c2ccc(-c3cccc4oc5ccccc5c34)cc2)c2cccc(-n3c4ccccc4c4ccccc43)c2)c1. The van der Waals surface area contributed by atoms with Crippen LogP contribution in [0.25, 0.3) is 93.2 Å². The first kappa shape index (κ1) is 33.3. The average Bonchev–Trinajstić information content (AvgIpc) is 3.86. The van der Waals surface area contributed by atoms with Gasteiger partial charge in [-0.05, 0) is 117 Å². The summed E-state index contributed by atoms with van der Waals surface area (Å²) in [6.07, 6.45) is 0. The highest BCUT2D eigenvalue weighted by Gasteiger charge is 2.18. The summed E-state index contributed by atoms with van der Waals surface area (Å²) in [5.41, 5.74) is 13.2. The summed E-state index contributed by atoms with van der Waals surface area (Å²) in [4.78, 5) is 2.38. The molecule has 3 nitrogen and oxygen atoms in total. The monoisotopic (exact) mass is 752 g/mol. The van der Waals surface area contributed by atoms with Gasteiger partial charge in [0.2, 0.25) is 0 Å². The minimum absolute atomic E-state index is 0.898. The van der Waals surface area contributed by atoms with Crippen LogP contribution in [0.5, 0.6) is 0 Å². The van der Waals surface area contributed by atoms with Gasteiger partial charge >= 0.3 is 0 Å². The van der Waals surface area contributed by atoms with Crippen molar-refractivity contribution in [2.24, 2.45) is 0 Å². The Morgan fingerprint density at radius 3 is 1.75 bits per heavy atom. The van der Waals surface area contributed by atoms with Gasteiger partial charge in [0, 0.05) is 44.3 Å². The molecule has 0 saturated heterocycles. The Hall–Kier alpha value is -7.88. The fourth-order valence-corrected chi connectivity index (χ4v) is 9.24. The van der Waals surface area contributed by atoms with Crippen molar-refractivity contribution in [3.05, 3.63) is 218 Å². The van der Waals surface area contributed by atoms with Crippen LogP contribution < -0.4 is 4.90 Å². The molecule has 3 heteroatoms. The van der Waals surface area contributed by atoms with Gasteiger partial charge in [-0.15, -0.1) is 0 Å². The van der Waals surface area contributed by atoms with Crippen LogP contribution in [0.3, 0.4) is 0 Å². The lowest BCUT2D eigenvalue weighted by Gasteiger charge is -2.27. The maximum absolute atomic E-state index is 6.27. The van der Waals surface area contributed by atoms with E-state index in [4.69, 9.17) is 4.42 Å². The van der Waals surface area contributed by atoms with Gasteiger partial charge in [-0.1, -0.05) is 146 Å². The van der Waals surface area contributed by atoms with Crippen LogP contribution in [0.2, 0.25) is 0 Å². The van der Waals surface area contributed by atoms with Crippen LogP contribution >= 0.6 is 0 Å². The largest absolute Gasteiger partial charge is 0.456 e. The number of aromatic nitrogens is 1. The maximum Gasteiger partial charge on any atom is 0.136 e. The predicted molar refractivity (Wildman–Crippen MR) is 249 cm³/mol. The molecular weight excluding hydrogens is 717 g/mol. The molecule has 276 valence electrons. The van der Waals surface area contributed by atoms with E-state index >= 15 is 0 Å². The summed E-state index contributed by atoms with van der Waals surface area (Å²) in [6, 6.07) is 78.8. The molecule has 0 aliphatic heterocycles. The van der Waals surface area contributed by atoms with Crippen molar-refractivity contribution >= 4 is 82.4 Å². The second-order valence-corrected chi connectivity index (χ2v) is 15.3. The van der Waals surface area contributed by atoms with Gasteiger partial charge in [0.15, 0.2) is 0 Å². The summed E-state index contributed by atoms with van der Waals surface area (Å²) in [6.45, 7) is 0. The number of hydrogen-bond donors (Lipinski definition) is 0. The highest BCUT2D eigenvalue weighted by molar-refractivity contribution is 6.13. The van der Waals surface area contributed by atoms with Gasteiger partial charge in [-0.2, -0.15) is 0 Å². The molecule has 0 aliphatic carbocycles. The number of furan rings is 1. The van der Waals surface area contributed by atoms with E-state index in [1.54, 1.807) is 0 Å². The van der Waals surface area contributed by atoms with Gasteiger partial charge in [0.05, 0.1) is 11.0 Å². The van der Waals surface area contributed by atoms with Crippen molar-refractivity contribution in [3.63, 3.8) is 0 Å². The van der Waals surface area contributed by atoms with Crippen molar-refractivity contribution < 1.29 is 4.42 Å². The minimum atomic E-state index is 0.898. The Balaban J connectivity index is 1.02. The van der Waals surface area contributed by atoms with Gasteiger partial charge in [0.1, 0.15) is 11.2 Å². The Morgan fingerprint density at radius 2 is 0.932 bits per heavy atom. The molecule has 12 rings (SSSR count). The topological polar surface area (TPSA) is 21.3 Å². The Labute approximate surface area is 341 Å². The van der Waals surface area contributed by atoms with Crippen LogP contribution in [-0.4, -0.2) is 4.57 Å². The maximum atomic E-state index is 6.27. The molecule has 0 radical (unpaired) electrons. The molecule has 0 atom stereocenters. The molecule has 10 aromatic carbocycles. The lowest BCUT2D eigenvalue weighted by atomic mass is 9.97. The van der Waals surface area contributed by atoms with Crippen molar-refractivity contribution in [1.29, 1.82) is 0 Å². The van der Waals surface area contributed by atoms with Gasteiger partial charge in [-0.3, -0.25) is 0 Å². The lowest BCUT2D eigenvalue weighted by molar-refractivity contribution is 0.669. The van der Waals surface area contributed by atoms with Crippen molar-refractivity contribution in [2.45, 2.75) is 0 Å². The molecule has 12 aromatic rings. The molecule has 2 heterocycles. The number of anilines is 3. The molecule has 59 heavy (non-hydrogen) atoms. The van der Waals surface area contributed by atoms with Gasteiger partial charge < -0.3 is 13.9 Å². The van der Waals surface area contributed by atoms with Crippen LogP contribution in [-0.2, 0) is 0 Å². The zero-order valence-corrected chi connectivity index (χ0v) is 32.1. The third kappa shape index (κ3) is 5.44. The van der Waals surface area contributed by atoms with E-state index in [9.17, 15) is 0 Å². The van der Waals surface area contributed by atoms with Crippen molar-refractivity contribution in [1.82, 2.24) is 4.57 Å². The third-order valence-electron chi connectivity index (χ3n) is 11.9. The van der Waals surface area contributed by atoms with E-state index in [-0.39, 0.29) is 0 Å². The number of hydrogen-bond acceptors (Lipinski definition) is 2. The van der Waals surface area contributed by atoms with E-state index in [2.05, 4.69) is 216 Å². The first-order valence-electron chi connectivity index (χ1n) is 20.2. The molecule has 0 N–H and O–H groups in total. The zero-order valence-electron chi connectivity index (χ0n) is 32.1. The average molecular weight is 753 g/mol. The number of rotatable bonds is 6. The smallest absolute Gasteiger partial charge is 0.136 e. The third-order valence-corrected chi connectivity index (χ3v) is 11.9. The molecule has 0 amide bonds. The molecule has 0 saturated carbocycles. The van der Waals surface area contributed by atoms with Gasteiger partial charge in [0.25, 0.3) is 0 Å². The molecule has 0 spiro atoms. The first-order chi connectivity index (χ1) is 29.2. The summed E-state index contributed by atoms with van der Waals surface area (Å²) < 4.78 is 8.66. The zero-order chi connectivity index (χ0) is 38.9. The molecule has 0 aliphatic rings. The summed E-state index contributed by atoms with van der Waals surface area (Å²) in [7, 11) is 0. The highest BCUT2D eigenvalue weighted by Crippen LogP contribution is 2.42. The molecule has 0 unspecified atom stereocenters. The highest BCUT2D eigenvalue weighted by atomic mass is 16.3. The van der Waals surface area contributed by atoms with Crippen molar-refractivity contribution in [3.8, 4) is 27.9 Å². The molecule has 0 fully saturated rings. The summed E-state index contributed by atoms with van der Waals surface area (Å²) >= 11 is 0. The Kier molecular flexibility index (Phi) is 7.54. The van der Waals surface area contributed by atoms with Crippen molar-refractivity contribution in [2.75, 3.05) is 4.90 Å². The summed E-state index contributed by atoms with van der Waals surface area (Å²) in [5.74, 6) is 0. The molecule has 0 bridgehead atoms. The molecule has 2 aromatic heterocycles. The van der Waals surface area contributed by atoms with Crippen LogP contribution in [0, 0.1) is 0 Å². The minimum Gasteiger partial charge on any atom is -0.456 e. The van der Waals surface area contributed by atoms with E-state index < -0.39 is 0 Å².